The first-order valence-electron chi connectivity index (χ1n) is 8.30. The van der Waals surface area contributed by atoms with Gasteiger partial charge in [0.1, 0.15) is 17.4 Å². The van der Waals surface area contributed by atoms with Crippen molar-refractivity contribution in [3.8, 4) is 11.4 Å². The number of rotatable bonds is 6. The van der Waals surface area contributed by atoms with E-state index in [0.717, 1.165) is 17.0 Å². The van der Waals surface area contributed by atoms with Crippen LogP contribution in [0.3, 0.4) is 0 Å². The van der Waals surface area contributed by atoms with Crippen LogP contribution in [0.4, 0.5) is 10.2 Å². The summed E-state index contributed by atoms with van der Waals surface area (Å²) in [5.74, 6) is 0.928. The fourth-order valence-electron chi connectivity index (χ4n) is 2.62. The summed E-state index contributed by atoms with van der Waals surface area (Å²) >= 11 is 0. The Hall–Kier alpha value is -3.15. The van der Waals surface area contributed by atoms with E-state index in [1.807, 2.05) is 31.2 Å². The summed E-state index contributed by atoms with van der Waals surface area (Å²) in [5.41, 5.74) is 2.51. The van der Waals surface area contributed by atoms with Gasteiger partial charge in [-0.2, -0.15) is 5.10 Å². The molecule has 0 saturated carbocycles. The normalized spacial score (nSPS) is 10.6. The van der Waals surface area contributed by atoms with Crippen molar-refractivity contribution in [2.24, 2.45) is 0 Å². The van der Waals surface area contributed by atoms with E-state index in [-0.39, 0.29) is 11.7 Å². The Morgan fingerprint density at radius 3 is 2.50 bits per heavy atom. The second-order valence-electron chi connectivity index (χ2n) is 5.96. The average Bonchev–Trinajstić information content (AvgIpc) is 3.01. The number of aryl methyl sites for hydroxylation is 2. The zero-order valence-electron chi connectivity index (χ0n) is 14.7. The lowest BCUT2D eigenvalue weighted by atomic mass is 10.1. The molecule has 1 amide bonds. The van der Waals surface area contributed by atoms with E-state index in [9.17, 15) is 9.18 Å². The molecular weight excluding hydrogens is 333 g/mol. The molecule has 0 spiro atoms. The van der Waals surface area contributed by atoms with Crippen LogP contribution in [-0.2, 0) is 11.2 Å². The molecule has 0 aliphatic carbocycles. The Labute approximate surface area is 151 Å². The summed E-state index contributed by atoms with van der Waals surface area (Å²) in [6, 6.07) is 15.4. The molecule has 3 aromatic rings. The van der Waals surface area contributed by atoms with E-state index >= 15 is 0 Å². The van der Waals surface area contributed by atoms with Gasteiger partial charge >= 0.3 is 0 Å². The van der Waals surface area contributed by atoms with E-state index in [2.05, 4.69) is 10.4 Å². The Balaban J connectivity index is 1.66. The molecule has 0 atom stereocenters. The second kappa shape index (κ2) is 7.82. The van der Waals surface area contributed by atoms with Crippen LogP contribution in [0.25, 0.3) is 5.69 Å². The molecular formula is C20H20FN3O2. The lowest BCUT2D eigenvalue weighted by molar-refractivity contribution is -0.116. The molecule has 3 rings (SSSR count). The summed E-state index contributed by atoms with van der Waals surface area (Å²) in [6.07, 6.45) is 0.972. The quantitative estimate of drug-likeness (QED) is 0.731. The molecule has 5 nitrogen and oxygen atoms in total. The van der Waals surface area contributed by atoms with Crippen LogP contribution in [0, 0.1) is 12.7 Å². The molecule has 26 heavy (non-hydrogen) atoms. The second-order valence-corrected chi connectivity index (χ2v) is 5.96. The van der Waals surface area contributed by atoms with Crippen LogP contribution in [0.1, 0.15) is 17.7 Å². The fraction of sp³-hybridized carbons (Fsp3) is 0.200. The monoisotopic (exact) mass is 353 g/mol. The van der Waals surface area contributed by atoms with Gasteiger partial charge in [-0.25, -0.2) is 9.07 Å². The predicted molar refractivity (Wildman–Crippen MR) is 98.2 cm³/mol. The minimum atomic E-state index is -0.317. The zero-order valence-corrected chi connectivity index (χ0v) is 14.7. The summed E-state index contributed by atoms with van der Waals surface area (Å²) in [7, 11) is 1.62. The van der Waals surface area contributed by atoms with E-state index < -0.39 is 0 Å². The number of amides is 1. The van der Waals surface area contributed by atoms with Crippen molar-refractivity contribution in [3.63, 3.8) is 0 Å². The van der Waals surface area contributed by atoms with Gasteiger partial charge in [0.2, 0.25) is 5.91 Å². The number of carbonyl (C=O) groups is 1. The van der Waals surface area contributed by atoms with Gasteiger partial charge in [0.25, 0.3) is 0 Å². The number of hydrogen-bond acceptors (Lipinski definition) is 3. The Morgan fingerprint density at radius 1 is 1.15 bits per heavy atom. The molecule has 0 fully saturated rings. The number of aromatic nitrogens is 2. The van der Waals surface area contributed by atoms with Crippen LogP contribution >= 0.6 is 0 Å². The molecule has 0 aliphatic rings. The largest absolute Gasteiger partial charge is 0.497 e. The van der Waals surface area contributed by atoms with E-state index in [4.69, 9.17) is 4.74 Å². The van der Waals surface area contributed by atoms with Crippen LogP contribution in [0.5, 0.6) is 5.75 Å². The van der Waals surface area contributed by atoms with Crippen molar-refractivity contribution in [1.29, 1.82) is 0 Å². The van der Waals surface area contributed by atoms with Crippen LogP contribution in [0.2, 0.25) is 0 Å². The predicted octanol–water partition coefficient (Wildman–Crippen LogP) is 3.90. The minimum absolute atomic E-state index is 0.107. The summed E-state index contributed by atoms with van der Waals surface area (Å²) in [5, 5.41) is 7.25. The third kappa shape index (κ3) is 4.27. The third-order valence-corrected chi connectivity index (χ3v) is 3.97. The number of ether oxygens (including phenoxy) is 1. The molecule has 1 N–H and O–H groups in total. The van der Waals surface area contributed by atoms with Crippen molar-refractivity contribution in [1.82, 2.24) is 9.78 Å². The smallest absolute Gasteiger partial charge is 0.225 e. The van der Waals surface area contributed by atoms with Gasteiger partial charge in [-0.05, 0) is 55.3 Å². The fourth-order valence-corrected chi connectivity index (χ4v) is 2.62. The van der Waals surface area contributed by atoms with E-state index in [0.29, 0.717) is 24.3 Å². The van der Waals surface area contributed by atoms with Gasteiger partial charge < -0.3 is 10.1 Å². The maximum absolute atomic E-state index is 13.1. The molecule has 2 aromatic carbocycles. The number of anilines is 1. The number of hydrogen-bond donors (Lipinski definition) is 1. The maximum Gasteiger partial charge on any atom is 0.225 e. The molecule has 0 saturated heterocycles. The average molecular weight is 353 g/mol. The number of methoxy groups -OCH3 is 1. The lowest BCUT2D eigenvalue weighted by Crippen LogP contribution is -2.15. The standard InChI is InChI=1S/C20H20FN3O2/c1-14-13-19(24(23-14)17-8-6-16(21)7-9-17)22-20(25)12-5-15-3-10-18(26-2)11-4-15/h3-4,6-11,13H,5,12H2,1-2H3,(H,22,25). The number of nitrogens with one attached hydrogen (secondary N) is 1. The van der Waals surface area contributed by atoms with E-state index in [1.54, 1.807) is 30.0 Å². The van der Waals surface area contributed by atoms with Crippen LogP contribution in [-0.4, -0.2) is 22.8 Å². The first-order valence-corrected chi connectivity index (χ1v) is 8.30. The molecule has 0 bridgehead atoms. The van der Waals surface area contributed by atoms with Gasteiger partial charge in [0.05, 0.1) is 18.5 Å². The molecule has 1 aromatic heterocycles. The highest BCUT2D eigenvalue weighted by Gasteiger charge is 2.11. The summed E-state index contributed by atoms with van der Waals surface area (Å²) < 4.78 is 19.8. The Bertz CT molecular complexity index is 886. The van der Waals surface area contributed by atoms with Crippen LogP contribution in [0.15, 0.2) is 54.6 Å². The molecule has 134 valence electrons. The highest BCUT2D eigenvalue weighted by molar-refractivity contribution is 5.90. The zero-order chi connectivity index (χ0) is 18.5. The lowest BCUT2D eigenvalue weighted by Gasteiger charge is -2.09. The first-order chi connectivity index (χ1) is 12.5. The Kier molecular flexibility index (Phi) is 5.31. The van der Waals surface area contributed by atoms with Crippen molar-refractivity contribution >= 4 is 11.7 Å². The van der Waals surface area contributed by atoms with E-state index in [1.165, 1.54) is 12.1 Å². The first kappa shape index (κ1) is 17.7. The maximum atomic E-state index is 13.1. The van der Waals surface area contributed by atoms with Crippen molar-refractivity contribution in [2.75, 3.05) is 12.4 Å². The molecule has 1 heterocycles. The number of carbonyl (C=O) groups excluding carboxylic acids is 1. The number of nitrogens with zero attached hydrogens (tertiary/aromatic N) is 2. The third-order valence-electron chi connectivity index (χ3n) is 3.97. The number of halogens is 1. The van der Waals surface area contributed by atoms with Crippen LogP contribution < -0.4 is 10.1 Å². The molecule has 6 heteroatoms. The van der Waals surface area contributed by atoms with Gasteiger partial charge in [0.15, 0.2) is 0 Å². The van der Waals surface area contributed by atoms with Gasteiger partial charge in [-0.3, -0.25) is 4.79 Å². The summed E-state index contributed by atoms with van der Waals surface area (Å²) in [6.45, 7) is 1.84. The van der Waals surface area contributed by atoms with Crippen molar-refractivity contribution in [3.05, 3.63) is 71.7 Å². The molecule has 0 radical (unpaired) electrons. The highest BCUT2D eigenvalue weighted by Crippen LogP contribution is 2.18. The summed E-state index contributed by atoms with van der Waals surface area (Å²) in [4.78, 5) is 12.3. The Morgan fingerprint density at radius 2 is 1.85 bits per heavy atom. The van der Waals surface area contributed by atoms with Gasteiger partial charge in [-0.15, -0.1) is 0 Å². The molecule has 0 unspecified atom stereocenters. The topological polar surface area (TPSA) is 56.1 Å². The highest BCUT2D eigenvalue weighted by atomic mass is 19.1. The van der Waals surface area contributed by atoms with Gasteiger partial charge in [0, 0.05) is 12.5 Å². The SMILES string of the molecule is COc1ccc(CCC(=O)Nc2cc(C)nn2-c2ccc(F)cc2)cc1. The minimum Gasteiger partial charge on any atom is -0.497 e. The van der Waals surface area contributed by atoms with Crippen molar-refractivity contribution < 1.29 is 13.9 Å². The van der Waals surface area contributed by atoms with Gasteiger partial charge in [-0.1, -0.05) is 12.1 Å². The van der Waals surface area contributed by atoms with Crippen molar-refractivity contribution in [2.45, 2.75) is 19.8 Å². The molecule has 0 aliphatic heterocycles. The number of benzene rings is 2.